The summed E-state index contributed by atoms with van der Waals surface area (Å²) in [7, 11) is 1.78. The van der Waals surface area contributed by atoms with Crippen LogP contribution in [-0.2, 0) is 4.74 Å². The van der Waals surface area contributed by atoms with Gasteiger partial charge in [0, 0.05) is 18.7 Å². The van der Waals surface area contributed by atoms with Crippen LogP contribution in [-0.4, -0.2) is 19.3 Å². The second-order valence-electron chi connectivity index (χ2n) is 6.03. The van der Waals surface area contributed by atoms with Crippen LogP contribution in [0, 0.1) is 19.7 Å². The van der Waals surface area contributed by atoms with Crippen molar-refractivity contribution >= 4 is 0 Å². The Hall–Kier alpha value is -0.930. The minimum Gasteiger partial charge on any atom is -0.378 e. The van der Waals surface area contributed by atoms with Gasteiger partial charge < -0.3 is 10.1 Å². The van der Waals surface area contributed by atoms with E-state index in [9.17, 15) is 4.39 Å². The molecule has 0 heterocycles. The van der Waals surface area contributed by atoms with Crippen molar-refractivity contribution in [3.63, 3.8) is 0 Å². The fraction of sp³-hybridized carbons (Fsp3) is 0.647. The lowest BCUT2D eigenvalue weighted by Gasteiger charge is -2.43. The quantitative estimate of drug-likeness (QED) is 0.848. The van der Waals surface area contributed by atoms with E-state index in [1.54, 1.807) is 13.2 Å². The molecule has 0 bridgehead atoms. The summed E-state index contributed by atoms with van der Waals surface area (Å²) in [6.45, 7) is 6.83. The number of benzene rings is 1. The van der Waals surface area contributed by atoms with Crippen molar-refractivity contribution in [3.05, 3.63) is 34.6 Å². The van der Waals surface area contributed by atoms with Gasteiger partial charge in [0.05, 0.1) is 5.60 Å². The summed E-state index contributed by atoms with van der Waals surface area (Å²) in [5.41, 5.74) is 2.75. The Morgan fingerprint density at radius 2 is 2.05 bits per heavy atom. The van der Waals surface area contributed by atoms with Gasteiger partial charge in [-0.1, -0.05) is 13.0 Å². The second kappa shape index (κ2) is 6.23. The molecule has 1 fully saturated rings. The molecule has 0 aromatic heterocycles. The van der Waals surface area contributed by atoms with Gasteiger partial charge in [0.1, 0.15) is 5.82 Å². The zero-order chi connectivity index (χ0) is 14.8. The van der Waals surface area contributed by atoms with Gasteiger partial charge in [-0.05, 0) is 63.3 Å². The summed E-state index contributed by atoms with van der Waals surface area (Å²) in [6.07, 6.45) is 4.22. The first-order chi connectivity index (χ1) is 9.51. The number of hydrogen-bond donors (Lipinski definition) is 1. The van der Waals surface area contributed by atoms with Crippen molar-refractivity contribution < 1.29 is 9.13 Å². The number of halogens is 1. The Balaban J connectivity index is 2.29. The van der Waals surface area contributed by atoms with Crippen LogP contribution in [0.1, 0.15) is 55.3 Å². The van der Waals surface area contributed by atoms with Crippen molar-refractivity contribution in [2.24, 2.45) is 0 Å². The largest absolute Gasteiger partial charge is 0.378 e. The first-order valence-electron chi connectivity index (χ1n) is 7.56. The molecule has 1 N–H and O–H groups in total. The SMILES string of the molecule is CCNC(CC1(OC)CCC1)c1c(C)cc(C)cc1F. The summed E-state index contributed by atoms with van der Waals surface area (Å²) in [6, 6.07) is 3.72. The maximum Gasteiger partial charge on any atom is 0.128 e. The fourth-order valence-electron chi connectivity index (χ4n) is 3.33. The highest BCUT2D eigenvalue weighted by Crippen LogP contribution is 2.42. The molecular formula is C17H26FNO. The fourth-order valence-corrected chi connectivity index (χ4v) is 3.33. The molecule has 0 amide bonds. The van der Waals surface area contributed by atoms with E-state index >= 15 is 0 Å². The molecule has 1 aromatic carbocycles. The van der Waals surface area contributed by atoms with Gasteiger partial charge in [0.15, 0.2) is 0 Å². The van der Waals surface area contributed by atoms with E-state index in [1.165, 1.54) is 6.42 Å². The lowest BCUT2D eigenvalue weighted by molar-refractivity contribution is -0.0839. The molecule has 2 nitrogen and oxygen atoms in total. The second-order valence-corrected chi connectivity index (χ2v) is 6.03. The molecule has 0 saturated heterocycles. The number of ether oxygens (including phenoxy) is 1. The Kier molecular flexibility index (Phi) is 4.82. The van der Waals surface area contributed by atoms with E-state index in [1.807, 2.05) is 13.8 Å². The number of methoxy groups -OCH3 is 1. The molecule has 112 valence electrons. The first kappa shape index (κ1) is 15.5. The lowest BCUT2D eigenvalue weighted by atomic mass is 9.74. The molecule has 3 heteroatoms. The molecule has 0 aliphatic heterocycles. The summed E-state index contributed by atoms with van der Waals surface area (Å²) >= 11 is 0. The lowest BCUT2D eigenvalue weighted by Crippen LogP contribution is -2.43. The van der Waals surface area contributed by atoms with Gasteiger partial charge >= 0.3 is 0 Å². The van der Waals surface area contributed by atoms with E-state index in [2.05, 4.69) is 18.3 Å². The predicted octanol–water partition coefficient (Wildman–Crippen LogP) is 4.05. The van der Waals surface area contributed by atoms with Gasteiger partial charge in [-0.2, -0.15) is 0 Å². The van der Waals surface area contributed by atoms with Crippen molar-refractivity contribution in [1.82, 2.24) is 5.32 Å². The minimum atomic E-state index is -0.0981. The van der Waals surface area contributed by atoms with E-state index in [0.717, 1.165) is 42.5 Å². The van der Waals surface area contributed by atoms with Gasteiger partial charge in [-0.25, -0.2) is 4.39 Å². The van der Waals surface area contributed by atoms with E-state index in [0.29, 0.717) is 0 Å². The van der Waals surface area contributed by atoms with Crippen LogP contribution in [0.4, 0.5) is 4.39 Å². The number of hydrogen-bond acceptors (Lipinski definition) is 2. The standard InChI is InChI=1S/C17H26FNO/c1-5-19-15(11-17(20-4)7-6-8-17)16-13(3)9-12(2)10-14(16)18/h9-10,15,19H,5-8,11H2,1-4H3. The van der Waals surface area contributed by atoms with Crippen molar-refractivity contribution in [2.75, 3.05) is 13.7 Å². The summed E-state index contributed by atoms with van der Waals surface area (Å²) < 4.78 is 20.1. The Morgan fingerprint density at radius 3 is 2.50 bits per heavy atom. The van der Waals surface area contributed by atoms with Gasteiger partial charge in [-0.3, -0.25) is 0 Å². The van der Waals surface area contributed by atoms with Crippen LogP contribution in [0.25, 0.3) is 0 Å². The maximum atomic E-state index is 14.4. The highest BCUT2D eigenvalue weighted by atomic mass is 19.1. The topological polar surface area (TPSA) is 21.3 Å². The number of nitrogens with one attached hydrogen (secondary N) is 1. The predicted molar refractivity (Wildman–Crippen MR) is 80.5 cm³/mol. The monoisotopic (exact) mass is 279 g/mol. The normalized spacial score (nSPS) is 18.6. The van der Waals surface area contributed by atoms with Crippen molar-refractivity contribution in [2.45, 2.75) is 58.1 Å². The average Bonchev–Trinajstić information content (AvgIpc) is 2.32. The summed E-state index contributed by atoms with van der Waals surface area (Å²) in [5.74, 6) is -0.0981. The molecule has 1 unspecified atom stereocenters. The third kappa shape index (κ3) is 3.04. The zero-order valence-electron chi connectivity index (χ0n) is 13.1. The van der Waals surface area contributed by atoms with Crippen molar-refractivity contribution in [3.8, 4) is 0 Å². The third-order valence-corrected chi connectivity index (χ3v) is 4.55. The average molecular weight is 279 g/mol. The van der Waals surface area contributed by atoms with Crippen LogP contribution in [0.2, 0.25) is 0 Å². The Labute approximate surface area is 121 Å². The molecule has 2 rings (SSSR count). The van der Waals surface area contributed by atoms with Crippen LogP contribution in [0.5, 0.6) is 0 Å². The van der Waals surface area contributed by atoms with E-state index < -0.39 is 0 Å². The van der Waals surface area contributed by atoms with Gasteiger partial charge in [0.2, 0.25) is 0 Å². The number of rotatable bonds is 6. The Bertz CT molecular complexity index is 440. The van der Waals surface area contributed by atoms with Gasteiger partial charge in [0.25, 0.3) is 0 Å². The van der Waals surface area contributed by atoms with E-state index in [4.69, 9.17) is 4.74 Å². The molecule has 1 aliphatic rings. The summed E-state index contributed by atoms with van der Waals surface area (Å²) in [5, 5.41) is 3.44. The first-order valence-corrected chi connectivity index (χ1v) is 7.56. The molecule has 0 radical (unpaired) electrons. The van der Waals surface area contributed by atoms with Gasteiger partial charge in [-0.15, -0.1) is 0 Å². The van der Waals surface area contributed by atoms with Crippen molar-refractivity contribution in [1.29, 1.82) is 0 Å². The maximum absolute atomic E-state index is 14.4. The molecule has 20 heavy (non-hydrogen) atoms. The molecule has 1 aromatic rings. The Morgan fingerprint density at radius 1 is 1.35 bits per heavy atom. The van der Waals surface area contributed by atoms with Crippen LogP contribution in [0.3, 0.4) is 0 Å². The molecular weight excluding hydrogens is 253 g/mol. The molecule has 1 saturated carbocycles. The highest BCUT2D eigenvalue weighted by Gasteiger charge is 2.39. The third-order valence-electron chi connectivity index (χ3n) is 4.55. The molecule has 1 aliphatic carbocycles. The smallest absolute Gasteiger partial charge is 0.128 e. The van der Waals surface area contributed by atoms with E-state index in [-0.39, 0.29) is 17.5 Å². The van der Waals surface area contributed by atoms with Crippen LogP contribution < -0.4 is 5.32 Å². The summed E-state index contributed by atoms with van der Waals surface area (Å²) in [4.78, 5) is 0. The molecule has 1 atom stereocenters. The highest BCUT2D eigenvalue weighted by molar-refractivity contribution is 5.34. The molecule has 0 spiro atoms. The number of aryl methyl sites for hydroxylation is 2. The zero-order valence-corrected chi connectivity index (χ0v) is 13.1. The minimum absolute atomic E-state index is 0.0286. The van der Waals surface area contributed by atoms with Crippen LogP contribution in [0.15, 0.2) is 12.1 Å². The van der Waals surface area contributed by atoms with Crippen LogP contribution >= 0.6 is 0 Å².